The summed E-state index contributed by atoms with van der Waals surface area (Å²) >= 11 is 13.8. The highest BCUT2D eigenvalue weighted by Crippen LogP contribution is 2.31. The number of halogens is 4. The van der Waals surface area contributed by atoms with Crippen LogP contribution >= 0.6 is 34.5 Å². The number of pyridine rings is 1. The molecule has 2 aromatic heterocycles. The van der Waals surface area contributed by atoms with Gasteiger partial charge in [-0.1, -0.05) is 23.2 Å². The van der Waals surface area contributed by atoms with Gasteiger partial charge < -0.3 is 0 Å². The Balaban J connectivity index is 1.90. The molecule has 0 amide bonds. The highest BCUT2D eigenvalue weighted by molar-refractivity contribution is 7.07. The van der Waals surface area contributed by atoms with Crippen molar-refractivity contribution in [2.45, 2.75) is 0 Å². The molecule has 0 saturated heterocycles. The van der Waals surface area contributed by atoms with Gasteiger partial charge in [-0.25, -0.2) is 18.4 Å². The average molecular weight is 461 g/mol. The lowest BCUT2D eigenvalue weighted by atomic mass is 10.2. The lowest BCUT2D eigenvalue weighted by Crippen LogP contribution is -2.12. The number of thiazole rings is 1. The summed E-state index contributed by atoms with van der Waals surface area (Å²) in [6, 6.07) is 11.9. The van der Waals surface area contributed by atoms with Crippen LogP contribution < -0.4 is 4.80 Å². The van der Waals surface area contributed by atoms with Crippen molar-refractivity contribution in [3.05, 3.63) is 98.3 Å². The molecule has 4 nitrogen and oxygen atoms in total. The van der Waals surface area contributed by atoms with Crippen molar-refractivity contribution in [1.29, 1.82) is 0 Å². The van der Waals surface area contributed by atoms with Gasteiger partial charge in [-0.15, -0.1) is 11.3 Å². The second-order valence-corrected chi connectivity index (χ2v) is 7.75. The van der Waals surface area contributed by atoms with Gasteiger partial charge in [0.1, 0.15) is 11.5 Å². The molecule has 0 aliphatic rings. The van der Waals surface area contributed by atoms with Gasteiger partial charge in [0.15, 0.2) is 5.82 Å². The van der Waals surface area contributed by atoms with Gasteiger partial charge >= 0.3 is 0 Å². The van der Waals surface area contributed by atoms with Crippen LogP contribution in [0.5, 0.6) is 0 Å². The van der Waals surface area contributed by atoms with Gasteiger partial charge in [0.2, 0.25) is 4.80 Å². The van der Waals surface area contributed by atoms with Crippen LogP contribution in [0.2, 0.25) is 10.0 Å². The molecule has 30 heavy (non-hydrogen) atoms. The molecule has 150 valence electrons. The van der Waals surface area contributed by atoms with Crippen LogP contribution in [0.15, 0.2) is 76.4 Å². The lowest BCUT2D eigenvalue weighted by molar-refractivity contribution is 0.584. The topological polar surface area (TPSA) is 42.5 Å². The molecule has 0 aliphatic heterocycles. The first-order valence-corrected chi connectivity index (χ1v) is 10.2. The molecule has 0 bridgehead atoms. The van der Waals surface area contributed by atoms with E-state index in [1.165, 1.54) is 22.1 Å². The van der Waals surface area contributed by atoms with Crippen LogP contribution in [0.4, 0.5) is 14.5 Å². The SMILES string of the molecule is Fc1ccc(N=c2scc(-c3cc(Cl)ccc3Cl)n2N=Cc2ccncc2)c(F)c1. The van der Waals surface area contributed by atoms with E-state index in [1.54, 1.807) is 54.3 Å². The van der Waals surface area contributed by atoms with Gasteiger partial charge in [0.25, 0.3) is 0 Å². The maximum atomic E-state index is 14.1. The van der Waals surface area contributed by atoms with Crippen molar-refractivity contribution < 1.29 is 8.78 Å². The molecule has 0 radical (unpaired) electrons. The van der Waals surface area contributed by atoms with Gasteiger partial charge in [-0.2, -0.15) is 5.10 Å². The highest BCUT2D eigenvalue weighted by Gasteiger charge is 2.13. The molecule has 0 atom stereocenters. The van der Waals surface area contributed by atoms with E-state index in [0.717, 1.165) is 17.7 Å². The number of aromatic nitrogens is 2. The molecule has 0 N–H and O–H groups in total. The number of hydrogen-bond donors (Lipinski definition) is 0. The molecule has 4 rings (SSSR count). The van der Waals surface area contributed by atoms with Gasteiger partial charge in [0, 0.05) is 34.4 Å². The minimum Gasteiger partial charge on any atom is -0.265 e. The van der Waals surface area contributed by atoms with Crippen LogP contribution in [0, 0.1) is 11.6 Å². The molecule has 4 aromatic rings. The first-order valence-electron chi connectivity index (χ1n) is 8.61. The molecule has 0 unspecified atom stereocenters. The van der Waals surface area contributed by atoms with E-state index in [1.807, 2.05) is 0 Å². The minimum absolute atomic E-state index is 0.00477. The molecule has 0 aliphatic carbocycles. The summed E-state index contributed by atoms with van der Waals surface area (Å²) in [6.45, 7) is 0. The smallest absolute Gasteiger partial charge is 0.211 e. The zero-order chi connectivity index (χ0) is 21.1. The molecular formula is C21H12Cl2F2N4S. The normalized spacial score (nSPS) is 12.1. The van der Waals surface area contributed by atoms with Crippen LogP contribution in [0.1, 0.15) is 5.56 Å². The van der Waals surface area contributed by atoms with Gasteiger partial charge in [-0.3, -0.25) is 4.98 Å². The maximum Gasteiger partial charge on any atom is 0.211 e. The Morgan fingerprint density at radius 2 is 1.80 bits per heavy atom. The van der Waals surface area contributed by atoms with E-state index in [-0.39, 0.29) is 5.69 Å². The van der Waals surface area contributed by atoms with Crippen LogP contribution in [0.25, 0.3) is 11.3 Å². The summed E-state index contributed by atoms with van der Waals surface area (Å²) in [7, 11) is 0. The Kier molecular flexibility index (Phi) is 6.03. The van der Waals surface area contributed by atoms with Crippen LogP contribution in [-0.4, -0.2) is 15.9 Å². The summed E-state index contributed by atoms with van der Waals surface area (Å²) in [4.78, 5) is 8.68. The summed E-state index contributed by atoms with van der Waals surface area (Å²) in [5.41, 5.74) is 2.08. The van der Waals surface area contributed by atoms with E-state index >= 15 is 0 Å². The number of benzene rings is 2. The molecule has 9 heteroatoms. The number of nitrogens with zero attached hydrogens (tertiary/aromatic N) is 4. The van der Waals surface area contributed by atoms with Crippen molar-refractivity contribution in [2.75, 3.05) is 0 Å². The summed E-state index contributed by atoms with van der Waals surface area (Å²) in [5, 5.41) is 7.29. The molecular weight excluding hydrogens is 449 g/mol. The van der Waals surface area contributed by atoms with Crippen molar-refractivity contribution in [3.63, 3.8) is 0 Å². The van der Waals surface area contributed by atoms with Gasteiger partial charge in [-0.05, 0) is 48.0 Å². The summed E-state index contributed by atoms with van der Waals surface area (Å²) in [5.74, 6) is -1.44. The summed E-state index contributed by atoms with van der Waals surface area (Å²) in [6.07, 6.45) is 4.91. The van der Waals surface area contributed by atoms with E-state index < -0.39 is 11.6 Å². The van der Waals surface area contributed by atoms with E-state index in [9.17, 15) is 8.78 Å². The molecule has 0 spiro atoms. The first kappa shape index (κ1) is 20.4. The van der Waals surface area contributed by atoms with E-state index in [0.29, 0.717) is 26.1 Å². The van der Waals surface area contributed by atoms with E-state index in [4.69, 9.17) is 23.2 Å². The second kappa shape index (κ2) is 8.87. The highest BCUT2D eigenvalue weighted by atomic mass is 35.5. The van der Waals surface area contributed by atoms with Crippen molar-refractivity contribution in [2.24, 2.45) is 10.1 Å². The fourth-order valence-corrected chi connectivity index (χ4v) is 3.84. The zero-order valence-electron chi connectivity index (χ0n) is 15.1. The zero-order valence-corrected chi connectivity index (χ0v) is 17.5. The largest absolute Gasteiger partial charge is 0.265 e. The lowest BCUT2D eigenvalue weighted by Gasteiger charge is -2.06. The molecule has 2 heterocycles. The van der Waals surface area contributed by atoms with Crippen molar-refractivity contribution in [1.82, 2.24) is 9.66 Å². The van der Waals surface area contributed by atoms with E-state index in [2.05, 4.69) is 15.1 Å². The third kappa shape index (κ3) is 4.48. The first-order chi connectivity index (χ1) is 14.5. The fraction of sp³-hybridized carbons (Fsp3) is 0. The number of hydrogen-bond acceptors (Lipinski definition) is 4. The van der Waals surface area contributed by atoms with Crippen molar-refractivity contribution in [3.8, 4) is 11.3 Å². The minimum atomic E-state index is -0.768. The Morgan fingerprint density at radius 3 is 2.57 bits per heavy atom. The predicted octanol–water partition coefficient (Wildman–Crippen LogP) is 6.31. The third-order valence-electron chi connectivity index (χ3n) is 4.04. The fourth-order valence-electron chi connectivity index (χ4n) is 2.62. The van der Waals surface area contributed by atoms with Gasteiger partial charge in [0.05, 0.1) is 16.9 Å². The predicted molar refractivity (Wildman–Crippen MR) is 117 cm³/mol. The standard InChI is InChI=1S/C21H12Cl2F2N4S/c22-14-1-3-17(23)16(9-14)20-12-30-21(28-19-4-2-15(24)10-18(19)25)29(20)27-11-13-5-7-26-8-6-13/h1-12H. The Labute approximate surface area is 184 Å². The van der Waals surface area contributed by atoms with Crippen molar-refractivity contribution >= 4 is 46.4 Å². The summed E-state index contributed by atoms with van der Waals surface area (Å²) < 4.78 is 28.9. The quantitative estimate of drug-likeness (QED) is 0.329. The average Bonchev–Trinajstić information content (AvgIpc) is 3.13. The molecule has 2 aromatic carbocycles. The number of rotatable bonds is 4. The monoisotopic (exact) mass is 460 g/mol. The maximum absolute atomic E-state index is 14.1. The molecule has 0 saturated carbocycles. The Hall–Kier alpha value is -2.87. The van der Waals surface area contributed by atoms with Crippen LogP contribution in [0.3, 0.4) is 0 Å². The molecule has 0 fully saturated rings. The Bertz CT molecular complexity index is 1300. The third-order valence-corrected chi connectivity index (χ3v) is 5.42. The second-order valence-electron chi connectivity index (χ2n) is 6.07. The van der Waals surface area contributed by atoms with Crippen LogP contribution in [-0.2, 0) is 0 Å². The Morgan fingerprint density at radius 1 is 1.00 bits per heavy atom.